The van der Waals surface area contributed by atoms with E-state index in [1.807, 2.05) is 47.4 Å². The van der Waals surface area contributed by atoms with Crippen molar-refractivity contribution in [1.82, 2.24) is 9.97 Å². The summed E-state index contributed by atoms with van der Waals surface area (Å²) in [5.41, 5.74) is 4.69. The number of allylic oxidation sites excluding steroid dienone is 1. The molecule has 0 bridgehead atoms. The topological polar surface area (TPSA) is 87.2 Å². The Bertz CT molecular complexity index is 1290. The third-order valence-electron chi connectivity index (χ3n) is 7.06. The maximum absolute atomic E-state index is 12.8. The molecule has 0 unspecified atom stereocenters. The van der Waals surface area contributed by atoms with Crippen LogP contribution in [0.4, 0.5) is 17.3 Å². The first kappa shape index (κ1) is 27.3. The Morgan fingerprint density at radius 2 is 1.79 bits per heavy atom. The van der Waals surface area contributed by atoms with E-state index in [0.717, 1.165) is 47.3 Å². The molecule has 0 aliphatic carbocycles. The molecule has 8 heteroatoms. The van der Waals surface area contributed by atoms with Crippen LogP contribution in [0.25, 0.3) is 11.1 Å². The molecule has 2 aromatic carbocycles. The Morgan fingerprint density at radius 3 is 2.42 bits per heavy atom. The summed E-state index contributed by atoms with van der Waals surface area (Å²) in [6.07, 6.45) is 7.86. The van der Waals surface area contributed by atoms with Gasteiger partial charge in [-0.15, -0.1) is 6.58 Å². The minimum absolute atomic E-state index is 0.00416. The molecular weight excluding hydrogens is 498 g/mol. The van der Waals surface area contributed by atoms with Crippen molar-refractivity contribution in [2.24, 2.45) is 5.92 Å². The van der Waals surface area contributed by atoms with Gasteiger partial charge < -0.3 is 15.5 Å². The fourth-order valence-corrected chi connectivity index (χ4v) is 5.29. The third kappa shape index (κ3) is 6.05. The molecule has 2 heterocycles. The number of carbonyl (C=O) groups excluding carboxylic acids is 2. The van der Waals surface area contributed by atoms with E-state index >= 15 is 0 Å². The van der Waals surface area contributed by atoms with E-state index < -0.39 is 0 Å². The lowest BCUT2D eigenvalue weighted by molar-refractivity contribution is -0.117. The highest BCUT2D eigenvalue weighted by atomic mass is 35.5. The average molecular weight is 532 g/mol. The van der Waals surface area contributed by atoms with Gasteiger partial charge in [0.2, 0.25) is 17.8 Å². The zero-order valence-electron chi connectivity index (χ0n) is 22.1. The van der Waals surface area contributed by atoms with Crippen molar-refractivity contribution in [2.45, 2.75) is 58.5 Å². The number of rotatable bonds is 9. The van der Waals surface area contributed by atoms with Crippen molar-refractivity contribution in [1.29, 1.82) is 0 Å². The van der Waals surface area contributed by atoms with Gasteiger partial charge in [0.1, 0.15) is 0 Å². The van der Waals surface area contributed by atoms with Gasteiger partial charge in [0.05, 0.1) is 23.5 Å². The lowest BCUT2D eigenvalue weighted by Crippen LogP contribution is -2.49. The highest BCUT2D eigenvalue weighted by Crippen LogP contribution is 2.44. The van der Waals surface area contributed by atoms with Crippen LogP contribution in [0.2, 0.25) is 5.02 Å². The van der Waals surface area contributed by atoms with E-state index in [2.05, 4.69) is 47.1 Å². The molecule has 198 valence electrons. The quantitative estimate of drug-likeness (QED) is 0.229. The molecule has 0 saturated carbocycles. The maximum atomic E-state index is 12.8. The number of anilines is 3. The monoisotopic (exact) mass is 531 g/mol. The number of nitrogens with zero attached hydrogens (tertiary/aromatic N) is 3. The van der Waals surface area contributed by atoms with Gasteiger partial charge in [-0.1, -0.05) is 49.7 Å². The molecule has 7 nitrogen and oxygen atoms in total. The van der Waals surface area contributed by atoms with Gasteiger partial charge in [-0.05, 0) is 60.2 Å². The van der Waals surface area contributed by atoms with Gasteiger partial charge in [-0.3, -0.25) is 9.59 Å². The van der Waals surface area contributed by atoms with Crippen molar-refractivity contribution in [3.05, 3.63) is 78.1 Å². The molecule has 0 spiro atoms. The third-order valence-corrected chi connectivity index (χ3v) is 7.26. The fraction of sp³-hybridized carbons (Fsp3) is 0.333. The molecule has 1 aliphatic rings. The van der Waals surface area contributed by atoms with Crippen molar-refractivity contribution < 1.29 is 9.59 Å². The Balaban J connectivity index is 1.65. The molecule has 0 fully saturated rings. The van der Waals surface area contributed by atoms with E-state index in [4.69, 9.17) is 11.6 Å². The summed E-state index contributed by atoms with van der Waals surface area (Å²) < 4.78 is 0. The summed E-state index contributed by atoms with van der Waals surface area (Å²) >= 11 is 6.00. The standard InChI is InChI=1S/C30H34ClN5O2/c1-5-7-8-9-28(38)34-24-13-10-21(11-14-24)22-12-15-27-25(16-22)29(35-30-32-17-23(31)18-33-30)19(3)26(6-2)36(27)20(4)37/h5,10-19,26,29H,1,6-9H2,2-4H3,(H,34,38)(H,32,33,35)/t19-,26+,29+/m1/s1. The van der Waals surface area contributed by atoms with Gasteiger partial charge in [-0.25, -0.2) is 9.97 Å². The molecule has 2 N–H and O–H groups in total. The first-order chi connectivity index (χ1) is 18.3. The Labute approximate surface area is 229 Å². The van der Waals surface area contributed by atoms with Gasteiger partial charge in [0.25, 0.3) is 0 Å². The van der Waals surface area contributed by atoms with Crippen LogP contribution in [0, 0.1) is 5.92 Å². The number of unbranched alkanes of at least 4 members (excludes halogenated alkanes) is 1. The van der Waals surface area contributed by atoms with Gasteiger partial charge in [0.15, 0.2) is 0 Å². The number of carbonyl (C=O) groups is 2. The second-order valence-corrected chi connectivity index (χ2v) is 10.1. The summed E-state index contributed by atoms with van der Waals surface area (Å²) in [5.74, 6) is 0.606. The number of hydrogen-bond acceptors (Lipinski definition) is 5. The lowest BCUT2D eigenvalue weighted by Gasteiger charge is -2.45. The van der Waals surface area contributed by atoms with Crippen LogP contribution in [0.3, 0.4) is 0 Å². The number of benzene rings is 2. The highest BCUT2D eigenvalue weighted by Gasteiger charge is 2.40. The number of nitrogens with one attached hydrogen (secondary N) is 2. The minimum atomic E-state index is -0.110. The summed E-state index contributed by atoms with van der Waals surface area (Å²) in [5, 5.41) is 6.92. The van der Waals surface area contributed by atoms with Crippen molar-refractivity contribution in [3.63, 3.8) is 0 Å². The molecule has 38 heavy (non-hydrogen) atoms. The summed E-state index contributed by atoms with van der Waals surface area (Å²) in [6, 6.07) is 13.9. The first-order valence-electron chi connectivity index (χ1n) is 13.0. The molecule has 4 rings (SSSR count). The summed E-state index contributed by atoms with van der Waals surface area (Å²) in [4.78, 5) is 35.6. The number of hydrogen-bond donors (Lipinski definition) is 2. The molecule has 2 amide bonds. The molecule has 3 atom stereocenters. The number of halogens is 1. The number of amides is 2. The van der Waals surface area contributed by atoms with Gasteiger partial charge in [-0.2, -0.15) is 0 Å². The molecule has 0 radical (unpaired) electrons. The number of aromatic nitrogens is 2. The van der Waals surface area contributed by atoms with E-state index in [1.165, 1.54) is 0 Å². The van der Waals surface area contributed by atoms with Crippen LogP contribution >= 0.6 is 11.6 Å². The van der Waals surface area contributed by atoms with Crippen LogP contribution < -0.4 is 15.5 Å². The van der Waals surface area contributed by atoms with Crippen molar-refractivity contribution >= 4 is 40.7 Å². The van der Waals surface area contributed by atoms with Crippen LogP contribution in [0.15, 0.2) is 67.5 Å². The highest BCUT2D eigenvalue weighted by molar-refractivity contribution is 6.30. The molecule has 3 aromatic rings. The van der Waals surface area contributed by atoms with Crippen LogP contribution in [-0.4, -0.2) is 27.8 Å². The largest absolute Gasteiger partial charge is 0.347 e. The average Bonchev–Trinajstić information content (AvgIpc) is 2.91. The van der Waals surface area contributed by atoms with Crippen molar-refractivity contribution in [3.8, 4) is 11.1 Å². The smallest absolute Gasteiger partial charge is 0.224 e. The molecule has 1 aliphatic heterocycles. The van der Waals surface area contributed by atoms with E-state index in [9.17, 15) is 9.59 Å². The van der Waals surface area contributed by atoms with Crippen LogP contribution in [0.1, 0.15) is 58.1 Å². The van der Waals surface area contributed by atoms with Crippen molar-refractivity contribution in [2.75, 3.05) is 15.5 Å². The van der Waals surface area contributed by atoms with E-state index in [-0.39, 0.29) is 29.8 Å². The number of fused-ring (bicyclic) bond motifs is 1. The van der Waals surface area contributed by atoms with Gasteiger partial charge >= 0.3 is 0 Å². The first-order valence-corrected chi connectivity index (χ1v) is 13.4. The van der Waals surface area contributed by atoms with Crippen LogP contribution in [-0.2, 0) is 9.59 Å². The second-order valence-electron chi connectivity index (χ2n) is 9.65. The Kier molecular flexibility index (Phi) is 8.79. The van der Waals surface area contributed by atoms with E-state index in [1.54, 1.807) is 19.3 Å². The molecular formula is C30H34ClN5O2. The van der Waals surface area contributed by atoms with Crippen LogP contribution in [0.5, 0.6) is 0 Å². The maximum Gasteiger partial charge on any atom is 0.224 e. The molecule has 0 saturated heterocycles. The van der Waals surface area contributed by atoms with Gasteiger partial charge in [0, 0.05) is 36.7 Å². The zero-order valence-corrected chi connectivity index (χ0v) is 22.8. The predicted octanol–water partition coefficient (Wildman–Crippen LogP) is 7.03. The normalized spacial score (nSPS) is 18.4. The van der Waals surface area contributed by atoms with E-state index in [0.29, 0.717) is 17.4 Å². The molecule has 1 aromatic heterocycles. The Morgan fingerprint density at radius 1 is 1.11 bits per heavy atom. The lowest BCUT2D eigenvalue weighted by atomic mass is 9.80. The SMILES string of the molecule is C=CCCCC(=O)Nc1ccc(-c2ccc3c(c2)[C@@H](Nc2ncc(Cl)cn2)[C@H](C)[C@H](CC)N3C(C)=O)cc1. The zero-order chi connectivity index (χ0) is 27.2. The fourth-order valence-electron chi connectivity index (χ4n) is 5.19. The minimum Gasteiger partial charge on any atom is -0.347 e. The summed E-state index contributed by atoms with van der Waals surface area (Å²) in [7, 11) is 0. The summed E-state index contributed by atoms with van der Waals surface area (Å²) in [6.45, 7) is 9.57. The second kappa shape index (κ2) is 12.2. The Hall–Kier alpha value is -3.71. The predicted molar refractivity (Wildman–Crippen MR) is 154 cm³/mol.